The van der Waals surface area contributed by atoms with Crippen molar-refractivity contribution >= 4 is 15.7 Å². The lowest BCUT2D eigenvalue weighted by atomic mass is 9.59. The monoisotopic (exact) mass is 709 g/mol. The van der Waals surface area contributed by atoms with E-state index in [1.165, 1.54) is 4.90 Å². The van der Waals surface area contributed by atoms with Crippen molar-refractivity contribution in [1.82, 2.24) is 4.90 Å². The molecule has 0 unspecified atom stereocenters. The van der Waals surface area contributed by atoms with Crippen molar-refractivity contribution in [3.05, 3.63) is 101 Å². The van der Waals surface area contributed by atoms with E-state index in [4.69, 9.17) is 4.74 Å². The highest BCUT2D eigenvalue weighted by molar-refractivity contribution is 7.91. The molecule has 0 radical (unpaired) electrons. The van der Waals surface area contributed by atoms with Crippen LogP contribution < -0.4 is 0 Å². The van der Waals surface area contributed by atoms with Crippen molar-refractivity contribution in [2.24, 2.45) is 5.92 Å². The van der Waals surface area contributed by atoms with E-state index in [-0.39, 0.29) is 42.4 Å². The van der Waals surface area contributed by atoms with Gasteiger partial charge in [-0.25, -0.2) is 21.6 Å². The zero-order valence-corrected chi connectivity index (χ0v) is 25.7. The molecule has 0 N–H and O–H groups in total. The number of amides is 1. The van der Waals surface area contributed by atoms with Crippen molar-refractivity contribution < 1.29 is 62.2 Å². The van der Waals surface area contributed by atoms with Crippen LogP contribution in [0, 0.1) is 23.4 Å². The summed E-state index contributed by atoms with van der Waals surface area (Å²) in [4.78, 5) is 14.4. The van der Waals surface area contributed by atoms with Gasteiger partial charge in [0.25, 0.3) is 5.60 Å². The number of ether oxygens (including phenoxy) is 2. The average Bonchev–Trinajstić information content (AvgIpc) is 2.99. The molecule has 0 aromatic heterocycles. The van der Waals surface area contributed by atoms with E-state index in [2.05, 4.69) is 4.74 Å². The third-order valence-corrected chi connectivity index (χ3v) is 10.7. The molecule has 2 aliphatic rings. The van der Waals surface area contributed by atoms with Gasteiger partial charge < -0.3 is 14.4 Å². The molecule has 0 bridgehead atoms. The Labute approximate surface area is 269 Å². The second-order valence-electron chi connectivity index (χ2n) is 11.8. The molecule has 260 valence electrons. The third-order valence-electron chi connectivity index (χ3n) is 8.78. The molecule has 5 rings (SSSR count). The summed E-state index contributed by atoms with van der Waals surface area (Å²) >= 11 is 0. The summed E-state index contributed by atoms with van der Waals surface area (Å²) in [5, 5.41) is 0. The number of hydrogen-bond donors (Lipinski definition) is 0. The minimum Gasteiger partial charge on any atom is -0.378 e. The lowest BCUT2D eigenvalue weighted by molar-refractivity contribution is -0.392. The van der Waals surface area contributed by atoms with Gasteiger partial charge in [0.2, 0.25) is 5.91 Å². The fraction of sp³-hybridized carbons (Fsp3) is 0.406. The summed E-state index contributed by atoms with van der Waals surface area (Å²) < 4.78 is 165. The molecule has 6 nitrogen and oxygen atoms in total. The molecule has 1 aliphatic carbocycles. The van der Waals surface area contributed by atoms with Crippen LogP contribution in [-0.2, 0) is 41.7 Å². The Balaban J connectivity index is 1.52. The summed E-state index contributed by atoms with van der Waals surface area (Å²) in [6.45, 7) is -0.576. The Hall–Kier alpha value is -3.63. The lowest BCUT2D eigenvalue weighted by Crippen LogP contribution is -2.56. The molecule has 1 aliphatic heterocycles. The second-order valence-corrected chi connectivity index (χ2v) is 13.8. The zero-order chi connectivity index (χ0) is 35.1. The van der Waals surface area contributed by atoms with Crippen molar-refractivity contribution in [3.8, 4) is 0 Å². The minimum absolute atomic E-state index is 0.0290. The Morgan fingerprint density at radius 3 is 1.90 bits per heavy atom. The fourth-order valence-corrected chi connectivity index (χ4v) is 8.12. The first kappa shape index (κ1) is 35.7. The number of benzene rings is 3. The smallest absolute Gasteiger partial charge is 0.378 e. The maximum Gasteiger partial charge on any atom is 0.430 e. The molecule has 1 saturated carbocycles. The standard InChI is InChI=1S/C32H28F9NO5S/c33-23-8-10-24(11-9-23)48(44,45)19-29(16-20(17-29)28(43)42-12-14-46-15-13-42)21-4-6-22(7-5-21)30(31(36,37)38,32(39,40)41)47-18-25-26(34)2-1-3-27(25)35/h1-11,20H,12-19H2. The van der Waals surface area contributed by atoms with E-state index in [1.54, 1.807) is 0 Å². The first-order valence-electron chi connectivity index (χ1n) is 14.6. The normalized spacial score (nSPS) is 20.8. The molecule has 0 atom stereocenters. The maximum absolute atomic E-state index is 14.4. The summed E-state index contributed by atoms with van der Waals surface area (Å²) in [5.41, 5.74) is -9.05. The van der Waals surface area contributed by atoms with Crippen LogP contribution in [0.1, 0.15) is 29.5 Å². The number of carbonyl (C=O) groups is 1. The van der Waals surface area contributed by atoms with Crippen LogP contribution in [0.25, 0.3) is 0 Å². The number of nitrogens with zero attached hydrogens (tertiary/aromatic N) is 1. The SMILES string of the molecule is O=C(C1CC(CS(=O)(=O)c2ccc(F)cc2)(c2ccc(C(OCc3c(F)cccc3F)(C(F)(F)F)C(F)(F)F)cc2)C1)N1CCOCC1. The first-order valence-corrected chi connectivity index (χ1v) is 16.2. The van der Waals surface area contributed by atoms with Gasteiger partial charge in [-0.2, -0.15) is 26.3 Å². The van der Waals surface area contributed by atoms with Crippen molar-refractivity contribution in [2.45, 2.75) is 47.7 Å². The van der Waals surface area contributed by atoms with Gasteiger partial charge in [-0.1, -0.05) is 30.3 Å². The van der Waals surface area contributed by atoms with Crippen LogP contribution in [-0.4, -0.2) is 63.6 Å². The number of rotatable bonds is 9. The van der Waals surface area contributed by atoms with Crippen LogP contribution in [0.4, 0.5) is 39.5 Å². The third kappa shape index (κ3) is 6.66. The largest absolute Gasteiger partial charge is 0.430 e. The molecular formula is C32H28F9NO5S. The Morgan fingerprint density at radius 2 is 1.38 bits per heavy atom. The van der Waals surface area contributed by atoms with E-state index in [0.29, 0.717) is 37.4 Å². The van der Waals surface area contributed by atoms with Crippen LogP contribution >= 0.6 is 0 Å². The van der Waals surface area contributed by atoms with Gasteiger partial charge >= 0.3 is 12.4 Å². The van der Waals surface area contributed by atoms with Gasteiger partial charge in [-0.3, -0.25) is 4.79 Å². The molecular weight excluding hydrogens is 681 g/mol. The molecule has 1 saturated heterocycles. The fourth-order valence-electron chi connectivity index (χ4n) is 6.27. The molecule has 1 heterocycles. The maximum atomic E-state index is 14.4. The van der Waals surface area contributed by atoms with Crippen LogP contribution in [0.5, 0.6) is 0 Å². The molecule has 2 fully saturated rings. The molecule has 48 heavy (non-hydrogen) atoms. The van der Waals surface area contributed by atoms with Gasteiger partial charge in [-0.15, -0.1) is 0 Å². The number of sulfone groups is 1. The zero-order valence-electron chi connectivity index (χ0n) is 24.9. The number of hydrogen-bond acceptors (Lipinski definition) is 5. The van der Waals surface area contributed by atoms with Crippen LogP contribution in [0.15, 0.2) is 71.6 Å². The number of morpholine rings is 1. The summed E-state index contributed by atoms with van der Waals surface area (Å²) in [5.74, 6) is -5.23. The topological polar surface area (TPSA) is 72.9 Å². The summed E-state index contributed by atoms with van der Waals surface area (Å²) in [6.07, 6.45) is -12.6. The van der Waals surface area contributed by atoms with Gasteiger partial charge in [0, 0.05) is 35.5 Å². The van der Waals surface area contributed by atoms with Gasteiger partial charge in [0.1, 0.15) is 17.5 Å². The average molecular weight is 710 g/mol. The van der Waals surface area contributed by atoms with Crippen LogP contribution in [0.2, 0.25) is 0 Å². The first-order chi connectivity index (χ1) is 22.4. The molecule has 3 aromatic carbocycles. The van der Waals surface area contributed by atoms with E-state index in [0.717, 1.165) is 42.5 Å². The highest BCUT2D eigenvalue weighted by Crippen LogP contribution is 2.55. The predicted molar refractivity (Wildman–Crippen MR) is 152 cm³/mol. The number of carbonyl (C=O) groups excluding carboxylic acids is 1. The molecule has 0 spiro atoms. The Bertz CT molecular complexity index is 1700. The van der Waals surface area contributed by atoms with E-state index < -0.39 is 80.1 Å². The molecule has 16 heteroatoms. The van der Waals surface area contributed by atoms with E-state index in [9.17, 15) is 52.7 Å². The predicted octanol–water partition coefficient (Wildman–Crippen LogP) is 6.62. The van der Waals surface area contributed by atoms with Gasteiger partial charge in [0.15, 0.2) is 9.84 Å². The van der Waals surface area contributed by atoms with Crippen molar-refractivity contribution in [1.29, 1.82) is 0 Å². The van der Waals surface area contributed by atoms with Crippen LogP contribution in [0.3, 0.4) is 0 Å². The molecule has 3 aromatic rings. The quantitative estimate of drug-likeness (QED) is 0.185. The van der Waals surface area contributed by atoms with E-state index >= 15 is 0 Å². The Morgan fingerprint density at radius 1 is 0.833 bits per heavy atom. The second kappa shape index (κ2) is 13.0. The van der Waals surface area contributed by atoms with Gasteiger partial charge in [-0.05, 0) is 54.8 Å². The highest BCUT2D eigenvalue weighted by Gasteiger charge is 2.73. The summed E-state index contributed by atoms with van der Waals surface area (Å²) in [6, 6.07) is 8.77. The van der Waals surface area contributed by atoms with Gasteiger partial charge in [0.05, 0.1) is 30.5 Å². The van der Waals surface area contributed by atoms with Crippen molar-refractivity contribution in [2.75, 3.05) is 32.1 Å². The summed E-state index contributed by atoms with van der Waals surface area (Å²) in [7, 11) is -4.22. The lowest BCUT2D eigenvalue weighted by Gasteiger charge is -2.49. The highest BCUT2D eigenvalue weighted by atomic mass is 32.2. The number of halogens is 9. The van der Waals surface area contributed by atoms with E-state index in [1.807, 2.05) is 0 Å². The molecule has 1 amide bonds. The number of alkyl halides is 6. The Kier molecular flexibility index (Phi) is 9.67. The minimum atomic E-state index is -6.18. The van der Waals surface area contributed by atoms with Crippen molar-refractivity contribution in [3.63, 3.8) is 0 Å².